The van der Waals surface area contributed by atoms with E-state index in [-0.39, 0.29) is 0 Å². The van der Waals surface area contributed by atoms with Crippen LogP contribution in [0.1, 0.15) is 25.3 Å². The summed E-state index contributed by atoms with van der Waals surface area (Å²) in [7, 11) is -0.981. The first-order valence-corrected chi connectivity index (χ1v) is 8.83. The largest absolute Gasteiger partial charge is 0.358 e. The Morgan fingerprint density at radius 1 is 1.27 bits per heavy atom. The molecule has 0 spiro atoms. The fourth-order valence-electron chi connectivity index (χ4n) is 2.77. The lowest BCUT2D eigenvalue weighted by atomic mass is 10.00. The molecule has 1 aliphatic heterocycles. The first-order chi connectivity index (χ1) is 10.7. The first-order valence-electron chi connectivity index (χ1n) is 7.51. The van der Waals surface area contributed by atoms with Crippen LogP contribution in [0, 0.1) is 11.3 Å². The van der Waals surface area contributed by atoms with Gasteiger partial charge in [-0.1, -0.05) is 37.6 Å². The van der Waals surface area contributed by atoms with Gasteiger partial charge in [-0.15, -0.1) is 0 Å². The van der Waals surface area contributed by atoms with Crippen LogP contribution in [-0.4, -0.2) is 16.6 Å². The molecule has 1 atom stereocenters. The van der Waals surface area contributed by atoms with E-state index in [2.05, 4.69) is 17.9 Å². The van der Waals surface area contributed by atoms with Crippen LogP contribution in [-0.2, 0) is 10.8 Å². The average molecular weight is 310 g/mol. The molecule has 0 fully saturated rings. The predicted molar refractivity (Wildman–Crippen MR) is 90.1 cm³/mol. The number of anilines is 1. The van der Waals surface area contributed by atoms with Gasteiger partial charge in [0.2, 0.25) is 0 Å². The molecule has 0 aromatic heterocycles. The highest BCUT2D eigenvalue weighted by Gasteiger charge is 2.25. The molecule has 2 aromatic rings. The molecule has 4 heteroatoms. The number of benzene rings is 2. The van der Waals surface area contributed by atoms with Crippen molar-refractivity contribution in [3.05, 3.63) is 48.0 Å². The third-order valence-electron chi connectivity index (χ3n) is 3.96. The van der Waals surface area contributed by atoms with Gasteiger partial charge in [0.25, 0.3) is 0 Å². The lowest BCUT2D eigenvalue weighted by molar-refractivity contribution is 0.683. The van der Waals surface area contributed by atoms with E-state index in [9.17, 15) is 9.47 Å². The Hall–Kier alpha value is -2.12. The maximum atomic E-state index is 12.4. The first kappa shape index (κ1) is 14.8. The molecule has 22 heavy (non-hydrogen) atoms. The number of hydrogen-bond acceptors (Lipinski definition) is 3. The molecule has 2 aromatic carbocycles. The van der Waals surface area contributed by atoms with E-state index in [1.54, 1.807) is 0 Å². The Morgan fingerprint density at radius 2 is 2.09 bits per heavy atom. The molecule has 0 bridgehead atoms. The molecular weight excluding hydrogens is 292 g/mol. The zero-order chi connectivity index (χ0) is 15.5. The lowest BCUT2D eigenvalue weighted by Gasteiger charge is -2.17. The van der Waals surface area contributed by atoms with Crippen LogP contribution in [0.25, 0.3) is 11.1 Å². The fourth-order valence-corrected chi connectivity index (χ4v) is 4.15. The second-order valence-electron chi connectivity index (χ2n) is 5.43. The standard InChI is InChI=1S/C18H18N2OS/c1-2-3-10-20-13-22(21)18-11-14(8-9-17(18)20)16-7-5-4-6-15(16)12-19/h4-9,11H,2-3,10,13H2,1H3. The molecule has 0 aliphatic carbocycles. The molecule has 0 saturated heterocycles. The average Bonchev–Trinajstić information content (AvgIpc) is 2.88. The second kappa shape index (κ2) is 6.33. The van der Waals surface area contributed by atoms with E-state index in [0.29, 0.717) is 11.4 Å². The van der Waals surface area contributed by atoms with E-state index in [1.165, 1.54) is 0 Å². The molecule has 0 N–H and O–H groups in total. The van der Waals surface area contributed by atoms with Gasteiger partial charge in [0.1, 0.15) is 0 Å². The summed E-state index contributed by atoms with van der Waals surface area (Å²) in [4.78, 5) is 3.09. The Kier molecular flexibility index (Phi) is 4.26. The van der Waals surface area contributed by atoms with Crippen LogP contribution in [0.3, 0.4) is 0 Å². The molecule has 112 valence electrons. The molecule has 0 saturated carbocycles. The Bertz CT molecular complexity index is 764. The fraction of sp³-hybridized carbons (Fsp3) is 0.278. The predicted octanol–water partition coefficient (Wildman–Crippen LogP) is 3.91. The number of nitriles is 1. The molecule has 3 rings (SSSR count). The molecule has 1 heterocycles. The van der Waals surface area contributed by atoms with Crippen LogP contribution < -0.4 is 4.90 Å². The Balaban J connectivity index is 2.00. The van der Waals surface area contributed by atoms with E-state index in [4.69, 9.17) is 0 Å². The lowest BCUT2D eigenvalue weighted by Crippen LogP contribution is -2.22. The van der Waals surface area contributed by atoms with Gasteiger partial charge in [0.15, 0.2) is 0 Å². The second-order valence-corrected chi connectivity index (χ2v) is 6.82. The minimum Gasteiger partial charge on any atom is -0.358 e. The topological polar surface area (TPSA) is 44.1 Å². The SMILES string of the molecule is CCCCN1CS(=O)c2cc(-c3ccccc3C#N)ccc21. The highest BCUT2D eigenvalue weighted by molar-refractivity contribution is 7.85. The van der Waals surface area contributed by atoms with E-state index < -0.39 is 10.8 Å². The quantitative estimate of drug-likeness (QED) is 0.860. The van der Waals surface area contributed by atoms with Gasteiger partial charge in [-0.2, -0.15) is 5.26 Å². The zero-order valence-electron chi connectivity index (χ0n) is 12.6. The summed E-state index contributed by atoms with van der Waals surface area (Å²) in [6.45, 7) is 3.11. The van der Waals surface area contributed by atoms with Crippen molar-refractivity contribution in [3.8, 4) is 17.2 Å². The van der Waals surface area contributed by atoms with Gasteiger partial charge in [-0.3, -0.25) is 4.21 Å². The molecular formula is C18H18N2OS. The van der Waals surface area contributed by atoms with Crippen LogP contribution in [0.5, 0.6) is 0 Å². The van der Waals surface area contributed by atoms with Crippen molar-refractivity contribution < 1.29 is 4.21 Å². The summed E-state index contributed by atoms with van der Waals surface area (Å²) in [6.07, 6.45) is 2.24. The van der Waals surface area contributed by atoms with Gasteiger partial charge < -0.3 is 4.90 Å². The van der Waals surface area contributed by atoms with Crippen LogP contribution in [0.15, 0.2) is 47.4 Å². The van der Waals surface area contributed by atoms with E-state index in [1.807, 2.05) is 42.5 Å². The number of nitrogens with zero attached hydrogens (tertiary/aromatic N) is 2. The van der Waals surface area contributed by atoms with Crippen LogP contribution >= 0.6 is 0 Å². The normalized spacial score (nSPS) is 16.4. The van der Waals surface area contributed by atoms with Crippen LogP contribution in [0.2, 0.25) is 0 Å². The summed E-state index contributed by atoms with van der Waals surface area (Å²) in [6, 6.07) is 15.8. The van der Waals surface area contributed by atoms with Crippen molar-refractivity contribution >= 4 is 16.5 Å². The van der Waals surface area contributed by atoms with E-state index in [0.717, 1.165) is 41.1 Å². The smallest absolute Gasteiger partial charge is 0.0998 e. The van der Waals surface area contributed by atoms with Crippen molar-refractivity contribution in [2.24, 2.45) is 0 Å². The summed E-state index contributed by atoms with van der Waals surface area (Å²) in [5, 5.41) is 9.25. The van der Waals surface area contributed by atoms with Crippen molar-refractivity contribution in [3.63, 3.8) is 0 Å². The van der Waals surface area contributed by atoms with Gasteiger partial charge in [0.05, 0.1) is 38.9 Å². The highest BCUT2D eigenvalue weighted by atomic mass is 32.2. The summed E-state index contributed by atoms with van der Waals surface area (Å²) >= 11 is 0. The van der Waals surface area contributed by atoms with Gasteiger partial charge in [-0.05, 0) is 35.7 Å². The molecule has 1 unspecified atom stereocenters. The molecule has 0 radical (unpaired) electrons. The number of rotatable bonds is 4. The monoisotopic (exact) mass is 310 g/mol. The van der Waals surface area contributed by atoms with Crippen molar-refractivity contribution in [2.45, 2.75) is 24.7 Å². The Labute approximate surface area is 133 Å². The van der Waals surface area contributed by atoms with Gasteiger partial charge in [0, 0.05) is 6.54 Å². The number of unbranched alkanes of at least 4 members (excludes halogenated alkanes) is 1. The molecule has 3 nitrogen and oxygen atoms in total. The number of fused-ring (bicyclic) bond motifs is 1. The Morgan fingerprint density at radius 3 is 2.86 bits per heavy atom. The molecule has 1 aliphatic rings. The van der Waals surface area contributed by atoms with Crippen molar-refractivity contribution in [1.29, 1.82) is 5.26 Å². The minimum absolute atomic E-state index is 0.582. The summed E-state index contributed by atoms with van der Waals surface area (Å²) in [5.74, 6) is 0.582. The van der Waals surface area contributed by atoms with Crippen LogP contribution in [0.4, 0.5) is 5.69 Å². The molecule has 0 amide bonds. The number of hydrogen-bond donors (Lipinski definition) is 0. The summed E-state index contributed by atoms with van der Waals surface area (Å²) < 4.78 is 12.4. The zero-order valence-corrected chi connectivity index (χ0v) is 13.4. The summed E-state index contributed by atoms with van der Waals surface area (Å²) in [5.41, 5.74) is 3.58. The van der Waals surface area contributed by atoms with Crippen molar-refractivity contribution in [1.82, 2.24) is 0 Å². The maximum absolute atomic E-state index is 12.4. The van der Waals surface area contributed by atoms with Gasteiger partial charge >= 0.3 is 0 Å². The van der Waals surface area contributed by atoms with E-state index >= 15 is 0 Å². The van der Waals surface area contributed by atoms with Gasteiger partial charge in [-0.25, -0.2) is 0 Å². The maximum Gasteiger partial charge on any atom is 0.0998 e. The highest BCUT2D eigenvalue weighted by Crippen LogP contribution is 2.35. The minimum atomic E-state index is -0.981. The van der Waals surface area contributed by atoms with Crippen molar-refractivity contribution in [2.75, 3.05) is 17.3 Å². The third kappa shape index (κ3) is 2.65. The third-order valence-corrected chi connectivity index (χ3v) is 5.32.